The highest BCUT2D eigenvalue weighted by Gasteiger charge is 2.50. The van der Waals surface area contributed by atoms with Gasteiger partial charge in [0.25, 0.3) is 0 Å². The number of para-hydroxylation sites is 1. The molecule has 4 saturated carbocycles. The summed E-state index contributed by atoms with van der Waals surface area (Å²) < 4.78 is 0. The summed E-state index contributed by atoms with van der Waals surface area (Å²) in [5.74, 6) is 3.64. The van der Waals surface area contributed by atoms with Crippen molar-refractivity contribution in [1.29, 1.82) is 0 Å². The summed E-state index contributed by atoms with van der Waals surface area (Å²) in [6, 6.07) is 7.75. The van der Waals surface area contributed by atoms with Crippen molar-refractivity contribution >= 4 is 0 Å². The first-order chi connectivity index (χ1) is 10.2. The summed E-state index contributed by atoms with van der Waals surface area (Å²) >= 11 is 0. The highest BCUT2D eigenvalue weighted by Crippen LogP contribution is 2.61. The largest absolute Gasteiger partial charge is 0.507 e. The molecule has 3 N–H and O–H groups in total. The van der Waals surface area contributed by atoms with Crippen molar-refractivity contribution < 1.29 is 10.4 Å². The Morgan fingerprint density at radius 1 is 1.00 bits per heavy atom. The summed E-state index contributed by atoms with van der Waals surface area (Å²) in [7, 11) is 0. The van der Waals surface area contributed by atoms with Gasteiger partial charge in [-0.2, -0.15) is 0 Å². The first-order valence-corrected chi connectivity index (χ1v) is 8.81. The molecule has 0 spiro atoms. The number of phenolic OH excluding ortho intramolecular Hbond substituents is 1. The predicted molar refractivity (Wildman–Crippen MR) is 83.8 cm³/mol. The number of phenols is 1. The minimum atomic E-state index is 0.448. The van der Waals surface area contributed by atoms with E-state index in [2.05, 4.69) is 5.32 Å². The molecule has 4 aliphatic rings. The Morgan fingerprint density at radius 3 is 2.24 bits per heavy atom. The molecule has 0 atom stereocenters. The smallest absolute Gasteiger partial charge is 0.124 e. The first kappa shape index (κ1) is 13.6. The monoisotopic (exact) mass is 286 g/mol. The van der Waals surface area contributed by atoms with Crippen LogP contribution < -0.4 is 5.32 Å². The average Bonchev–Trinajstić information content (AvgIpc) is 2.44. The van der Waals surface area contributed by atoms with E-state index < -0.39 is 0 Å². The third kappa shape index (κ3) is 2.70. The van der Waals surface area contributed by atoms with E-state index in [-0.39, 0.29) is 0 Å². The van der Waals surface area contributed by atoms with E-state index in [1.165, 1.54) is 32.2 Å². The third-order valence-electron chi connectivity index (χ3n) is 6.40. The molecular weight excluding hydrogens is 258 g/mol. The molecule has 1 aromatic rings. The van der Waals surface area contributed by atoms with Gasteiger partial charge in [-0.3, -0.25) is 0 Å². The number of benzene rings is 1. The Bertz CT molecular complexity index is 475. The van der Waals surface area contributed by atoms with Gasteiger partial charge in [0.15, 0.2) is 0 Å². The van der Waals surface area contributed by atoms with Gasteiger partial charge < -0.3 is 10.4 Å². The minimum Gasteiger partial charge on any atom is -0.507 e. The summed E-state index contributed by atoms with van der Waals surface area (Å²) in [6.07, 6.45) is 10.6. The minimum absolute atomic E-state index is 0.448. The van der Waals surface area contributed by atoms with Crippen LogP contribution in [0.5, 0.6) is 5.75 Å². The number of quaternary nitrogens is 1. The van der Waals surface area contributed by atoms with Crippen LogP contribution in [0.25, 0.3) is 0 Å². The van der Waals surface area contributed by atoms with Gasteiger partial charge in [0.1, 0.15) is 12.3 Å². The molecule has 0 saturated heterocycles. The lowest BCUT2D eigenvalue weighted by Gasteiger charge is -2.56. The van der Waals surface area contributed by atoms with Crippen LogP contribution in [0.3, 0.4) is 0 Å². The molecule has 2 nitrogen and oxygen atoms in total. The third-order valence-corrected chi connectivity index (χ3v) is 6.40. The molecule has 0 heterocycles. The lowest BCUT2D eigenvalue weighted by molar-refractivity contribution is -0.672. The molecule has 21 heavy (non-hydrogen) atoms. The van der Waals surface area contributed by atoms with E-state index in [9.17, 15) is 5.11 Å². The van der Waals surface area contributed by atoms with E-state index in [1.54, 1.807) is 25.3 Å². The topological polar surface area (TPSA) is 36.8 Å². The Hall–Kier alpha value is -1.02. The van der Waals surface area contributed by atoms with Gasteiger partial charge >= 0.3 is 0 Å². The normalized spacial score (nSPS) is 37.0. The van der Waals surface area contributed by atoms with Crippen molar-refractivity contribution in [3.63, 3.8) is 0 Å². The van der Waals surface area contributed by atoms with E-state index in [1.807, 2.05) is 18.2 Å². The average molecular weight is 286 g/mol. The van der Waals surface area contributed by atoms with E-state index in [0.29, 0.717) is 11.2 Å². The van der Waals surface area contributed by atoms with Crippen LogP contribution in [0.2, 0.25) is 0 Å². The Labute approximate surface area is 128 Å². The number of nitrogens with two attached hydrogens (primary N) is 1. The molecule has 1 aromatic carbocycles. The van der Waals surface area contributed by atoms with Gasteiger partial charge in [-0.05, 0) is 73.8 Å². The highest BCUT2D eigenvalue weighted by atomic mass is 16.3. The van der Waals surface area contributed by atoms with Crippen LogP contribution in [0, 0.1) is 23.2 Å². The van der Waals surface area contributed by atoms with Crippen LogP contribution in [0.1, 0.15) is 50.5 Å². The number of hydrogen-bond acceptors (Lipinski definition) is 1. The molecule has 0 aromatic heterocycles. The number of aromatic hydroxyl groups is 1. The number of rotatable bonds is 5. The second kappa shape index (κ2) is 5.31. The maximum atomic E-state index is 9.82. The van der Waals surface area contributed by atoms with Gasteiger partial charge in [0, 0.05) is 12.0 Å². The molecule has 0 amide bonds. The van der Waals surface area contributed by atoms with Crippen LogP contribution in [-0.4, -0.2) is 11.7 Å². The van der Waals surface area contributed by atoms with Gasteiger partial charge in [-0.25, -0.2) is 0 Å². The summed E-state index contributed by atoms with van der Waals surface area (Å²) in [4.78, 5) is 0. The van der Waals surface area contributed by atoms with Crippen LogP contribution in [-0.2, 0) is 6.54 Å². The molecule has 4 bridgehead atoms. The van der Waals surface area contributed by atoms with Gasteiger partial charge in [-0.1, -0.05) is 12.1 Å². The van der Waals surface area contributed by atoms with Crippen molar-refractivity contribution in [2.24, 2.45) is 23.2 Å². The molecular formula is C19H28NO+. The summed E-state index contributed by atoms with van der Waals surface area (Å²) in [5, 5.41) is 12.2. The molecule has 0 unspecified atom stereocenters. The lowest BCUT2D eigenvalue weighted by Crippen LogP contribution is -2.83. The Morgan fingerprint density at radius 2 is 1.62 bits per heavy atom. The first-order valence-electron chi connectivity index (χ1n) is 8.81. The van der Waals surface area contributed by atoms with Crippen molar-refractivity contribution in [2.45, 2.75) is 51.5 Å². The zero-order chi connectivity index (χ0) is 14.3. The van der Waals surface area contributed by atoms with Gasteiger partial charge in [0.05, 0.1) is 6.54 Å². The maximum absolute atomic E-state index is 9.82. The molecule has 4 aliphatic carbocycles. The van der Waals surface area contributed by atoms with E-state index in [4.69, 9.17) is 0 Å². The second-order valence-electron chi connectivity index (χ2n) is 8.08. The molecule has 114 valence electrons. The molecule has 4 fully saturated rings. The molecule has 5 rings (SSSR count). The predicted octanol–water partition coefficient (Wildman–Crippen LogP) is 3.06. The lowest BCUT2D eigenvalue weighted by atomic mass is 9.49. The maximum Gasteiger partial charge on any atom is 0.124 e. The fourth-order valence-electron chi connectivity index (χ4n) is 5.95. The molecule has 2 heteroatoms. The van der Waals surface area contributed by atoms with Crippen molar-refractivity contribution in [3.8, 4) is 5.75 Å². The van der Waals surface area contributed by atoms with E-state index >= 15 is 0 Å². The van der Waals surface area contributed by atoms with Gasteiger partial charge in [-0.15, -0.1) is 0 Å². The van der Waals surface area contributed by atoms with E-state index in [0.717, 1.165) is 29.9 Å². The fraction of sp³-hybridized carbons (Fsp3) is 0.684. The molecule has 0 radical (unpaired) electrons. The standard InChI is InChI=1S/C19H27NO/c21-18-4-2-1-3-17(18)13-20-6-5-19-10-14-7-15(11-19)9-16(8-14)12-19/h1-4,14-16,20-21H,5-13H2/p+1. The van der Waals surface area contributed by atoms with Gasteiger partial charge in [0.2, 0.25) is 0 Å². The second-order valence-corrected chi connectivity index (χ2v) is 8.08. The Balaban J connectivity index is 1.30. The van der Waals surface area contributed by atoms with Crippen LogP contribution in [0.4, 0.5) is 0 Å². The SMILES string of the molecule is Oc1ccccc1C[NH2+]CCC12CC3CC(CC(C3)C1)C2. The quantitative estimate of drug-likeness (QED) is 0.802. The molecule has 0 aliphatic heterocycles. The Kier molecular flexibility index (Phi) is 3.45. The zero-order valence-electron chi connectivity index (χ0n) is 12.9. The fourth-order valence-corrected chi connectivity index (χ4v) is 5.95. The zero-order valence-corrected chi connectivity index (χ0v) is 12.9. The summed E-state index contributed by atoms with van der Waals surface area (Å²) in [5.41, 5.74) is 1.77. The van der Waals surface area contributed by atoms with Crippen LogP contribution in [0.15, 0.2) is 24.3 Å². The number of hydrogen-bond donors (Lipinski definition) is 2. The van der Waals surface area contributed by atoms with Crippen molar-refractivity contribution in [2.75, 3.05) is 6.54 Å². The summed E-state index contributed by atoms with van der Waals surface area (Å²) in [6.45, 7) is 2.14. The highest BCUT2D eigenvalue weighted by molar-refractivity contribution is 5.30. The van der Waals surface area contributed by atoms with Crippen LogP contribution >= 0.6 is 0 Å². The van der Waals surface area contributed by atoms with Crippen molar-refractivity contribution in [3.05, 3.63) is 29.8 Å². The van der Waals surface area contributed by atoms with Crippen molar-refractivity contribution in [1.82, 2.24) is 0 Å².